The lowest BCUT2D eigenvalue weighted by atomic mass is 10.2. The Bertz CT molecular complexity index is 677. The molecule has 0 atom stereocenters. The van der Waals surface area contributed by atoms with Crippen LogP contribution in [-0.2, 0) is 6.54 Å². The molecular formula is C12H10BrN5O2. The van der Waals surface area contributed by atoms with Crippen molar-refractivity contribution >= 4 is 27.6 Å². The first-order chi connectivity index (χ1) is 9.60. The van der Waals surface area contributed by atoms with Crippen LogP contribution >= 0.6 is 15.9 Å². The highest BCUT2D eigenvalue weighted by molar-refractivity contribution is 9.10. The fourth-order valence-electron chi connectivity index (χ4n) is 1.54. The highest BCUT2D eigenvalue weighted by Crippen LogP contribution is 2.20. The molecule has 8 heteroatoms. The summed E-state index contributed by atoms with van der Waals surface area (Å²) in [4.78, 5) is 10.6. The summed E-state index contributed by atoms with van der Waals surface area (Å²) >= 11 is 3.31. The van der Waals surface area contributed by atoms with Crippen molar-refractivity contribution in [1.29, 1.82) is 5.26 Å². The lowest BCUT2D eigenvalue weighted by Gasteiger charge is -2.07. The molecule has 0 radical (unpaired) electrons. The minimum atomic E-state index is -1.10. The molecule has 0 aliphatic rings. The molecule has 0 aliphatic carbocycles. The third-order valence-electron chi connectivity index (χ3n) is 2.52. The van der Waals surface area contributed by atoms with Crippen LogP contribution in [0.3, 0.4) is 0 Å². The molecule has 0 amide bonds. The summed E-state index contributed by atoms with van der Waals surface area (Å²) in [5.74, 6) is -1.10. The van der Waals surface area contributed by atoms with Gasteiger partial charge in [-0.3, -0.25) is 0 Å². The van der Waals surface area contributed by atoms with Crippen LogP contribution in [0.25, 0.3) is 0 Å². The van der Waals surface area contributed by atoms with Crippen molar-refractivity contribution in [2.75, 3.05) is 11.9 Å². The van der Waals surface area contributed by atoms with Gasteiger partial charge in [0.25, 0.3) is 0 Å². The lowest BCUT2D eigenvalue weighted by Crippen LogP contribution is -2.11. The number of aromatic carboxylic acids is 1. The minimum absolute atomic E-state index is 0.0777. The van der Waals surface area contributed by atoms with E-state index in [0.717, 1.165) is 10.2 Å². The largest absolute Gasteiger partial charge is 0.476 e. The van der Waals surface area contributed by atoms with E-state index in [4.69, 9.17) is 10.4 Å². The Balaban J connectivity index is 1.91. The van der Waals surface area contributed by atoms with Crippen LogP contribution in [0.5, 0.6) is 0 Å². The van der Waals surface area contributed by atoms with Gasteiger partial charge in [-0.25, -0.2) is 9.48 Å². The average Bonchev–Trinajstić information content (AvgIpc) is 2.88. The standard InChI is InChI=1S/C12H10BrN5O2/c13-10-5-9(2-1-8(10)6-14)15-3-4-18-7-11(12(19)20)16-17-18/h1-2,5,7,15H,3-4H2,(H,19,20). The number of nitrogens with zero attached hydrogens (tertiary/aromatic N) is 4. The van der Waals surface area contributed by atoms with Gasteiger partial charge in [-0.15, -0.1) is 5.10 Å². The van der Waals surface area contributed by atoms with Crippen molar-refractivity contribution in [2.24, 2.45) is 0 Å². The van der Waals surface area contributed by atoms with Crippen molar-refractivity contribution < 1.29 is 9.90 Å². The van der Waals surface area contributed by atoms with Crippen molar-refractivity contribution in [3.63, 3.8) is 0 Å². The Kier molecular flexibility index (Phi) is 4.32. The number of rotatable bonds is 5. The number of nitrogens with one attached hydrogen (secondary N) is 1. The van der Waals surface area contributed by atoms with Crippen LogP contribution < -0.4 is 5.32 Å². The molecule has 2 N–H and O–H groups in total. The van der Waals surface area contributed by atoms with E-state index >= 15 is 0 Å². The van der Waals surface area contributed by atoms with E-state index in [1.807, 2.05) is 6.07 Å². The molecule has 0 unspecified atom stereocenters. The molecule has 0 spiro atoms. The van der Waals surface area contributed by atoms with Gasteiger partial charge in [-0.2, -0.15) is 5.26 Å². The third-order valence-corrected chi connectivity index (χ3v) is 3.17. The number of hydrogen-bond acceptors (Lipinski definition) is 5. The van der Waals surface area contributed by atoms with Gasteiger partial charge in [-0.1, -0.05) is 5.21 Å². The number of carbonyl (C=O) groups is 1. The summed E-state index contributed by atoms with van der Waals surface area (Å²) in [6, 6.07) is 7.38. The molecule has 0 aliphatic heterocycles. The molecule has 1 heterocycles. The first-order valence-electron chi connectivity index (χ1n) is 5.67. The van der Waals surface area contributed by atoms with E-state index in [-0.39, 0.29) is 5.69 Å². The zero-order valence-corrected chi connectivity index (χ0v) is 11.8. The maximum Gasteiger partial charge on any atom is 0.358 e. The molecule has 2 aromatic rings. The predicted octanol–water partition coefficient (Wildman–Crippen LogP) is 1.72. The summed E-state index contributed by atoms with van der Waals surface area (Å²) in [6.45, 7) is 1.04. The molecule has 7 nitrogen and oxygen atoms in total. The van der Waals surface area contributed by atoms with E-state index in [2.05, 4.69) is 37.6 Å². The smallest absolute Gasteiger partial charge is 0.358 e. The molecule has 0 saturated carbocycles. The van der Waals surface area contributed by atoms with E-state index in [1.54, 1.807) is 12.1 Å². The minimum Gasteiger partial charge on any atom is -0.476 e. The van der Waals surface area contributed by atoms with Crippen molar-refractivity contribution in [1.82, 2.24) is 15.0 Å². The fourth-order valence-corrected chi connectivity index (χ4v) is 2.00. The van der Waals surface area contributed by atoms with Gasteiger partial charge < -0.3 is 10.4 Å². The molecular weight excluding hydrogens is 326 g/mol. The van der Waals surface area contributed by atoms with Crippen molar-refractivity contribution in [2.45, 2.75) is 6.54 Å². The zero-order valence-electron chi connectivity index (χ0n) is 10.2. The number of anilines is 1. The molecule has 2 rings (SSSR count). The molecule has 102 valence electrons. The second kappa shape index (κ2) is 6.16. The van der Waals surface area contributed by atoms with Gasteiger partial charge in [-0.05, 0) is 34.1 Å². The van der Waals surface area contributed by atoms with Crippen LogP contribution in [0.2, 0.25) is 0 Å². The zero-order chi connectivity index (χ0) is 14.5. The van der Waals surface area contributed by atoms with Crippen molar-refractivity contribution in [3.8, 4) is 6.07 Å². The second-order valence-corrected chi connectivity index (χ2v) is 4.76. The maximum absolute atomic E-state index is 10.6. The summed E-state index contributed by atoms with van der Waals surface area (Å²) in [5.41, 5.74) is 1.35. The molecule has 0 bridgehead atoms. The van der Waals surface area contributed by atoms with Gasteiger partial charge in [0.2, 0.25) is 0 Å². The van der Waals surface area contributed by atoms with Gasteiger partial charge >= 0.3 is 5.97 Å². The Hall–Kier alpha value is -2.40. The first kappa shape index (κ1) is 14.0. The van der Waals surface area contributed by atoms with Gasteiger partial charge in [0.15, 0.2) is 5.69 Å². The molecule has 0 saturated heterocycles. The number of halogens is 1. The number of carboxylic acid groups (broad SMARTS) is 1. The maximum atomic E-state index is 10.6. The van der Waals surface area contributed by atoms with Crippen LogP contribution in [0.15, 0.2) is 28.9 Å². The van der Waals surface area contributed by atoms with E-state index in [0.29, 0.717) is 18.7 Å². The topological polar surface area (TPSA) is 104 Å². The van der Waals surface area contributed by atoms with Crippen LogP contribution in [0, 0.1) is 11.3 Å². The van der Waals surface area contributed by atoms with Gasteiger partial charge in [0, 0.05) is 16.7 Å². The quantitative estimate of drug-likeness (QED) is 0.862. The Morgan fingerprint density at radius 3 is 2.95 bits per heavy atom. The van der Waals surface area contributed by atoms with E-state index in [1.165, 1.54) is 10.9 Å². The highest BCUT2D eigenvalue weighted by atomic mass is 79.9. The van der Waals surface area contributed by atoms with Crippen LogP contribution in [0.1, 0.15) is 16.1 Å². The number of hydrogen-bond donors (Lipinski definition) is 2. The summed E-state index contributed by atoms with van der Waals surface area (Å²) < 4.78 is 2.17. The number of carboxylic acids is 1. The molecule has 1 aromatic heterocycles. The van der Waals surface area contributed by atoms with Crippen LogP contribution in [-0.4, -0.2) is 32.6 Å². The lowest BCUT2D eigenvalue weighted by molar-refractivity contribution is 0.0690. The fraction of sp³-hybridized carbons (Fsp3) is 0.167. The molecule has 20 heavy (non-hydrogen) atoms. The Morgan fingerprint density at radius 2 is 2.35 bits per heavy atom. The van der Waals surface area contributed by atoms with E-state index < -0.39 is 5.97 Å². The molecule has 1 aromatic carbocycles. The number of nitriles is 1. The molecule has 0 fully saturated rings. The second-order valence-electron chi connectivity index (χ2n) is 3.91. The number of benzene rings is 1. The average molecular weight is 336 g/mol. The number of aromatic nitrogens is 3. The van der Waals surface area contributed by atoms with Crippen molar-refractivity contribution in [3.05, 3.63) is 40.1 Å². The van der Waals surface area contributed by atoms with Crippen LogP contribution in [0.4, 0.5) is 5.69 Å². The summed E-state index contributed by atoms with van der Waals surface area (Å²) in [5, 5.41) is 27.9. The van der Waals surface area contributed by atoms with E-state index in [9.17, 15) is 4.79 Å². The Morgan fingerprint density at radius 1 is 1.55 bits per heavy atom. The SMILES string of the molecule is N#Cc1ccc(NCCn2cc(C(=O)O)nn2)cc1Br. The predicted molar refractivity (Wildman–Crippen MR) is 74.3 cm³/mol. The monoisotopic (exact) mass is 335 g/mol. The van der Waals surface area contributed by atoms with Gasteiger partial charge in [0.1, 0.15) is 6.07 Å². The summed E-state index contributed by atoms with van der Waals surface area (Å²) in [6.07, 6.45) is 1.37. The highest BCUT2D eigenvalue weighted by Gasteiger charge is 2.07. The third kappa shape index (κ3) is 3.33. The normalized spacial score (nSPS) is 10.0. The first-order valence-corrected chi connectivity index (χ1v) is 6.46. The Labute approximate surface area is 123 Å². The van der Waals surface area contributed by atoms with Gasteiger partial charge in [0.05, 0.1) is 18.3 Å². The summed E-state index contributed by atoms with van der Waals surface area (Å²) in [7, 11) is 0.